The van der Waals surface area contributed by atoms with Crippen molar-refractivity contribution in [1.82, 2.24) is 4.90 Å². The van der Waals surface area contributed by atoms with Crippen LogP contribution in [0.1, 0.15) is 18.4 Å². The lowest BCUT2D eigenvalue weighted by molar-refractivity contribution is -0.384. The highest BCUT2D eigenvalue weighted by Crippen LogP contribution is 2.24. The minimum Gasteiger partial charge on any atom is -0.483 e. The van der Waals surface area contributed by atoms with Gasteiger partial charge in [0.05, 0.1) is 11.0 Å². The smallest absolute Gasteiger partial charge is 0.273 e. The van der Waals surface area contributed by atoms with Gasteiger partial charge in [-0.2, -0.15) is 0 Å². The summed E-state index contributed by atoms with van der Waals surface area (Å²) in [6.45, 7) is 2.48. The first-order chi connectivity index (χ1) is 10.9. The molecule has 0 aromatic heterocycles. The van der Waals surface area contributed by atoms with Gasteiger partial charge in [0, 0.05) is 25.1 Å². The molecule has 8 nitrogen and oxygen atoms in total. The lowest BCUT2D eigenvalue weighted by Crippen LogP contribution is -2.43. The van der Waals surface area contributed by atoms with Crippen LogP contribution in [0.3, 0.4) is 0 Å². The number of hydrogen-bond donors (Lipinski definition) is 1. The molecule has 1 fully saturated rings. The predicted octanol–water partition coefficient (Wildman–Crippen LogP) is 1.01. The largest absolute Gasteiger partial charge is 0.483 e. The number of nitrogens with zero attached hydrogens (tertiary/aromatic N) is 2. The zero-order valence-corrected chi connectivity index (χ0v) is 12.9. The molecule has 1 saturated heterocycles. The molecule has 1 heterocycles. The molecule has 1 aliphatic heterocycles. The van der Waals surface area contributed by atoms with Crippen molar-refractivity contribution in [3.8, 4) is 5.75 Å². The fraction of sp³-hybridized carbons (Fsp3) is 0.467. The average molecular weight is 321 g/mol. The van der Waals surface area contributed by atoms with Gasteiger partial charge in [-0.05, 0) is 31.4 Å². The number of primary amides is 1. The van der Waals surface area contributed by atoms with Gasteiger partial charge in [0.1, 0.15) is 5.75 Å². The van der Waals surface area contributed by atoms with Gasteiger partial charge in [-0.25, -0.2) is 0 Å². The summed E-state index contributed by atoms with van der Waals surface area (Å²) in [6.07, 6.45) is 1.10. The van der Waals surface area contributed by atoms with E-state index >= 15 is 0 Å². The molecule has 1 aromatic carbocycles. The molecule has 0 unspecified atom stereocenters. The van der Waals surface area contributed by atoms with Crippen molar-refractivity contribution in [3.05, 3.63) is 33.9 Å². The van der Waals surface area contributed by atoms with Gasteiger partial charge >= 0.3 is 0 Å². The van der Waals surface area contributed by atoms with Crippen LogP contribution in [0.5, 0.6) is 5.75 Å². The summed E-state index contributed by atoms with van der Waals surface area (Å²) in [5.74, 6) is -0.405. The second kappa shape index (κ2) is 7.08. The maximum absolute atomic E-state index is 12.1. The number of piperidine rings is 1. The van der Waals surface area contributed by atoms with E-state index in [4.69, 9.17) is 10.5 Å². The number of benzene rings is 1. The van der Waals surface area contributed by atoms with Gasteiger partial charge in [-0.15, -0.1) is 0 Å². The molecule has 0 radical (unpaired) electrons. The van der Waals surface area contributed by atoms with E-state index < -0.39 is 4.92 Å². The standard InChI is InChI=1S/C15H19N3O5/c1-10-2-3-12(18(21)22)8-13(10)23-9-14(19)17-6-4-11(5-7-17)15(16)20/h2-3,8,11H,4-7,9H2,1H3,(H2,16,20). The van der Waals surface area contributed by atoms with Crippen LogP contribution >= 0.6 is 0 Å². The van der Waals surface area contributed by atoms with Gasteiger partial charge in [0.15, 0.2) is 6.61 Å². The number of carbonyl (C=O) groups is 2. The van der Waals surface area contributed by atoms with Crippen LogP contribution in [-0.2, 0) is 9.59 Å². The number of nitro groups is 1. The summed E-state index contributed by atoms with van der Waals surface area (Å²) in [5.41, 5.74) is 5.89. The number of rotatable bonds is 5. The Labute approximate surface area is 133 Å². The molecule has 2 amide bonds. The van der Waals surface area contributed by atoms with Crippen molar-refractivity contribution in [2.45, 2.75) is 19.8 Å². The third kappa shape index (κ3) is 4.18. The highest BCUT2D eigenvalue weighted by atomic mass is 16.6. The van der Waals surface area contributed by atoms with E-state index in [0.717, 1.165) is 5.56 Å². The molecular formula is C15H19N3O5. The molecule has 8 heteroatoms. The average Bonchev–Trinajstić information content (AvgIpc) is 2.53. The Bertz CT molecular complexity index is 624. The van der Waals surface area contributed by atoms with Crippen LogP contribution < -0.4 is 10.5 Å². The first-order valence-electron chi connectivity index (χ1n) is 7.33. The summed E-state index contributed by atoms with van der Waals surface area (Å²) in [4.78, 5) is 35.1. The van der Waals surface area contributed by atoms with Gasteiger partial charge in [-0.3, -0.25) is 19.7 Å². The monoisotopic (exact) mass is 321 g/mol. The molecule has 1 aliphatic rings. The van der Waals surface area contributed by atoms with Crippen LogP contribution in [0.25, 0.3) is 0 Å². The maximum Gasteiger partial charge on any atom is 0.273 e. The Morgan fingerprint density at radius 2 is 2.04 bits per heavy atom. The van der Waals surface area contributed by atoms with Gasteiger partial charge in [0.25, 0.3) is 11.6 Å². The molecule has 0 atom stereocenters. The van der Waals surface area contributed by atoms with E-state index in [-0.39, 0.29) is 30.0 Å². The summed E-state index contributed by atoms with van der Waals surface area (Å²) in [5, 5.41) is 10.8. The number of non-ortho nitro benzene ring substituents is 1. The number of amides is 2. The van der Waals surface area contributed by atoms with Gasteiger partial charge < -0.3 is 15.4 Å². The molecule has 0 saturated carbocycles. The molecule has 0 aliphatic carbocycles. The molecule has 0 bridgehead atoms. The number of hydrogen-bond acceptors (Lipinski definition) is 5. The van der Waals surface area contributed by atoms with E-state index in [1.165, 1.54) is 12.1 Å². The van der Waals surface area contributed by atoms with Gasteiger partial charge in [-0.1, -0.05) is 0 Å². The Kier molecular flexibility index (Phi) is 5.15. The zero-order chi connectivity index (χ0) is 17.0. The second-order valence-corrected chi connectivity index (χ2v) is 5.55. The Morgan fingerprint density at radius 3 is 2.61 bits per heavy atom. The molecule has 1 aromatic rings. The molecule has 23 heavy (non-hydrogen) atoms. The number of aryl methyl sites for hydroxylation is 1. The van der Waals surface area contributed by atoms with Crippen molar-refractivity contribution in [3.63, 3.8) is 0 Å². The van der Waals surface area contributed by atoms with Crippen LogP contribution in [0, 0.1) is 23.0 Å². The van der Waals surface area contributed by atoms with Crippen LogP contribution in [0.15, 0.2) is 18.2 Å². The molecule has 124 valence electrons. The Hall–Kier alpha value is -2.64. The Balaban J connectivity index is 1.91. The van der Waals surface area contributed by atoms with E-state index in [2.05, 4.69) is 0 Å². The molecule has 0 spiro atoms. The van der Waals surface area contributed by atoms with Gasteiger partial charge in [0.2, 0.25) is 5.91 Å². The predicted molar refractivity (Wildman–Crippen MR) is 81.8 cm³/mol. The highest BCUT2D eigenvalue weighted by molar-refractivity contribution is 5.79. The van der Waals surface area contributed by atoms with Crippen LogP contribution in [0.2, 0.25) is 0 Å². The summed E-state index contributed by atoms with van der Waals surface area (Å²) >= 11 is 0. The van der Waals surface area contributed by atoms with Crippen LogP contribution in [-0.4, -0.2) is 41.3 Å². The normalized spacial score (nSPS) is 15.3. The minimum atomic E-state index is -0.511. The van der Waals surface area contributed by atoms with E-state index in [1.807, 2.05) is 0 Å². The third-order valence-corrected chi connectivity index (χ3v) is 3.98. The van der Waals surface area contributed by atoms with Crippen molar-refractivity contribution < 1.29 is 19.2 Å². The first kappa shape index (κ1) is 16.7. The van der Waals surface area contributed by atoms with Crippen molar-refractivity contribution in [1.29, 1.82) is 0 Å². The van der Waals surface area contributed by atoms with Crippen LogP contribution in [0.4, 0.5) is 5.69 Å². The zero-order valence-electron chi connectivity index (χ0n) is 12.9. The van der Waals surface area contributed by atoms with Crippen molar-refractivity contribution >= 4 is 17.5 Å². The third-order valence-electron chi connectivity index (χ3n) is 3.98. The van der Waals surface area contributed by atoms with E-state index in [1.54, 1.807) is 17.9 Å². The SMILES string of the molecule is Cc1ccc([N+](=O)[O-])cc1OCC(=O)N1CCC(C(N)=O)CC1. The first-order valence-corrected chi connectivity index (χ1v) is 7.33. The van der Waals surface area contributed by atoms with Crippen molar-refractivity contribution in [2.24, 2.45) is 11.7 Å². The number of likely N-dealkylation sites (tertiary alicyclic amines) is 1. The summed E-state index contributed by atoms with van der Waals surface area (Å²) < 4.78 is 5.43. The maximum atomic E-state index is 12.1. The minimum absolute atomic E-state index is 0.0830. The summed E-state index contributed by atoms with van der Waals surface area (Å²) in [7, 11) is 0. The fourth-order valence-electron chi connectivity index (χ4n) is 2.50. The lowest BCUT2D eigenvalue weighted by atomic mass is 9.96. The number of nitro benzene ring substituents is 1. The summed E-state index contributed by atoms with van der Waals surface area (Å²) in [6, 6.07) is 4.27. The number of ether oxygens (including phenoxy) is 1. The van der Waals surface area contributed by atoms with E-state index in [9.17, 15) is 19.7 Å². The second-order valence-electron chi connectivity index (χ2n) is 5.55. The fourth-order valence-corrected chi connectivity index (χ4v) is 2.50. The van der Waals surface area contributed by atoms with E-state index in [0.29, 0.717) is 31.7 Å². The lowest BCUT2D eigenvalue weighted by Gasteiger charge is -2.30. The highest BCUT2D eigenvalue weighted by Gasteiger charge is 2.26. The molecule has 2 rings (SSSR count). The van der Waals surface area contributed by atoms with Crippen molar-refractivity contribution in [2.75, 3.05) is 19.7 Å². The number of carbonyl (C=O) groups excluding carboxylic acids is 2. The number of nitrogens with two attached hydrogens (primary N) is 1. The quantitative estimate of drug-likeness (QED) is 0.641. The Morgan fingerprint density at radius 1 is 1.39 bits per heavy atom. The molecule has 2 N–H and O–H groups in total. The molecular weight excluding hydrogens is 302 g/mol. The topological polar surface area (TPSA) is 116 Å².